The van der Waals surface area contributed by atoms with Crippen LogP contribution in [-0.4, -0.2) is 77.3 Å². The number of ether oxygens (including phenoxy) is 1. The van der Waals surface area contributed by atoms with E-state index in [1.165, 1.54) is 19.2 Å². The lowest BCUT2D eigenvalue weighted by molar-refractivity contribution is -0.127. The second kappa shape index (κ2) is 9.53. The third-order valence-corrected chi connectivity index (χ3v) is 5.17. The van der Waals surface area contributed by atoms with Crippen molar-refractivity contribution < 1.29 is 14.3 Å². The monoisotopic (exact) mass is 413 g/mol. The van der Waals surface area contributed by atoms with Crippen molar-refractivity contribution >= 4 is 11.8 Å². The van der Waals surface area contributed by atoms with Gasteiger partial charge in [-0.2, -0.15) is 5.10 Å². The van der Waals surface area contributed by atoms with Crippen LogP contribution < -0.4 is 15.6 Å². The molecule has 1 atom stereocenters. The molecule has 0 saturated carbocycles. The summed E-state index contributed by atoms with van der Waals surface area (Å²) in [5.74, 6) is 0.347. The fourth-order valence-electron chi connectivity index (χ4n) is 3.29. The van der Waals surface area contributed by atoms with E-state index in [-0.39, 0.29) is 29.6 Å². The molecule has 30 heavy (non-hydrogen) atoms. The van der Waals surface area contributed by atoms with E-state index in [0.29, 0.717) is 26.2 Å². The summed E-state index contributed by atoms with van der Waals surface area (Å²) in [7, 11) is 3.36. The summed E-state index contributed by atoms with van der Waals surface area (Å²) in [6.45, 7) is 4.00. The maximum atomic E-state index is 12.8. The Morgan fingerprint density at radius 3 is 2.67 bits per heavy atom. The number of carbonyl (C=O) groups excluding carboxylic acids is 2. The van der Waals surface area contributed by atoms with E-state index in [2.05, 4.69) is 10.4 Å². The van der Waals surface area contributed by atoms with E-state index in [0.717, 1.165) is 16.0 Å². The molecule has 0 bridgehead atoms. The van der Waals surface area contributed by atoms with Crippen molar-refractivity contribution in [3.63, 3.8) is 0 Å². The lowest BCUT2D eigenvalue weighted by Crippen LogP contribution is -2.59. The van der Waals surface area contributed by atoms with Crippen LogP contribution in [0.2, 0.25) is 0 Å². The molecule has 1 fully saturated rings. The Hall–Kier alpha value is -3.20. The summed E-state index contributed by atoms with van der Waals surface area (Å²) >= 11 is 0. The Morgan fingerprint density at radius 1 is 1.17 bits per heavy atom. The van der Waals surface area contributed by atoms with Gasteiger partial charge in [-0.15, -0.1) is 0 Å². The molecule has 1 aliphatic heterocycles. The number of likely N-dealkylation sites (N-methyl/N-ethyl adjacent to an activating group) is 1. The maximum absolute atomic E-state index is 12.8. The molecule has 1 aliphatic rings. The Labute approximate surface area is 175 Å². The quantitative estimate of drug-likeness (QED) is 0.672. The SMILES string of the molecule is Cc1ccccc1OCCNC(=O)[C@@H]1CN(C(=O)c2ccc(=O)n(C)n2)CCN1C. The molecule has 9 nitrogen and oxygen atoms in total. The van der Waals surface area contributed by atoms with Gasteiger partial charge in [-0.05, 0) is 31.7 Å². The van der Waals surface area contributed by atoms with Crippen LogP contribution in [0.3, 0.4) is 0 Å². The largest absolute Gasteiger partial charge is 0.491 e. The summed E-state index contributed by atoms with van der Waals surface area (Å²) in [6.07, 6.45) is 0. The summed E-state index contributed by atoms with van der Waals surface area (Å²) < 4.78 is 6.84. The maximum Gasteiger partial charge on any atom is 0.274 e. The molecule has 0 radical (unpaired) electrons. The predicted octanol–water partition coefficient (Wildman–Crippen LogP) is 0.0401. The third-order valence-electron chi connectivity index (χ3n) is 5.17. The van der Waals surface area contributed by atoms with Crippen LogP contribution in [0.1, 0.15) is 16.1 Å². The summed E-state index contributed by atoms with van der Waals surface area (Å²) in [5.41, 5.74) is 0.944. The number of nitrogens with one attached hydrogen (secondary N) is 1. The number of rotatable bonds is 6. The number of hydrogen-bond acceptors (Lipinski definition) is 6. The molecule has 9 heteroatoms. The molecule has 1 N–H and O–H groups in total. The van der Waals surface area contributed by atoms with Gasteiger partial charge < -0.3 is 15.0 Å². The zero-order chi connectivity index (χ0) is 21.7. The van der Waals surface area contributed by atoms with Crippen molar-refractivity contribution in [2.75, 3.05) is 39.8 Å². The number of amides is 2. The highest BCUT2D eigenvalue weighted by Crippen LogP contribution is 2.15. The topological polar surface area (TPSA) is 96.8 Å². The van der Waals surface area contributed by atoms with Gasteiger partial charge in [0.1, 0.15) is 24.1 Å². The fraction of sp³-hybridized carbons (Fsp3) is 0.429. The first-order valence-corrected chi connectivity index (χ1v) is 9.87. The molecule has 1 aromatic heterocycles. The Kier molecular flexibility index (Phi) is 6.83. The van der Waals surface area contributed by atoms with Crippen LogP contribution in [0, 0.1) is 6.92 Å². The van der Waals surface area contributed by atoms with E-state index >= 15 is 0 Å². The van der Waals surface area contributed by atoms with Crippen LogP contribution in [0.5, 0.6) is 5.75 Å². The Morgan fingerprint density at radius 2 is 1.93 bits per heavy atom. The number of benzene rings is 1. The van der Waals surface area contributed by atoms with E-state index in [9.17, 15) is 14.4 Å². The van der Waals surface area contributed by atoms with E-state index in [1.807, 2.05) is 43.1 Å². The van der Waals surface area contributed by atoms with Gasteiger partial charge in [0.15, 0.2) is 0 Å². The Balaban J connectivity index is 1.54. The van der Waals surface area contributed by atoms with Crippen molar-refractivity contribution in [1.29, 1.82) is 0 Å². The van der Waals surface area contributed by atoms with Crippen LogP contribution in [-0.2, 0) is 11.8 Å². The fourth-order valence-corrected chi connectivity index (χ4v) is 3.29. The average Bonchev–Trinajstić information content (AvgIpc) is 2.74. The van der Waals surface area contributed by atoms with Crippen molar-refractivity contribution in [1.82, 2.24) is 24.9 Å². The highest BCUT2D eigenvalue weighted by Gasteiger charge is 2.33. The zero-order valence-electron chi connectivity index (χ0n) is 17.5. The number of hydrogen-bond donors (Lipinski definition) is 1. The Bertz CT molecular complexity index is 974. The lowest BCUT2D eigenvalue weighted by Gasteiger charge is -2.38. The van der Waals surface area contributed by atoms with Crippen LogP contribution in [0.15, 0.2) is 41.2 Å². The number of aromatic nitrogens is 2. The molecule has 0 spiro atoms. The summed E-state index contributed by atoms with van der Waals surface area (Å²) in [4.78, 5) is 40.5. The molecule has 0 aliphatic carbocycles. The molecule has 0 unspecified atom stereocenters. The highest BCUT2D eigenvalue weighted by molar-refractivity contribution is 5.93. The lowest BCUT2D eigenvalue weighted by atomic mass is 10.1. The summed E-state index contributed by atoms with van der Waals surface area (Å²) in [5, 5.41) is 6.90. The second-order valence-corrected chi connectivity index (χ2v) is 7.33. The number of piperazine rings is 1. The molecule has 2 aromatic rings. The average molecular weight is 413 g/mol. The number of carbonyl (C=O) groups is 2. The van der Waals surface area contributed by atoms with Crippen molar-refractivity contribution in [3.8, 4) is 5.75 Å². The molecular weight excluding hydrogens is 386 g/mol. The van der Waals surface area contributed by atoms with Gasteiger partial charge in [-0.1, -0.05) is 18.2 Å². The minimum Gasteiger partial charge on any atom is -0.491 e. The molecular formula is C21H27N5O4. The summed E-state index contributed by atoms with van der Waals surface area (Å²) in [6, 6.07) is 9.98. The van der Waals surface area contributed by atoms with Gasteiger partial charge in [-0.25, -0.2) is 4.68 Å². The first-order chi connectivity index (χ1) is 14.4. The van der Waals surface area contributed by atoms with Crippen molar-refractivity contribution in [2.45, 2.75) is 13.0 Å². The predicted molar refractivity (Wildman–Crippen MR) is 111 cm³/mol. The number of aryl methyl sites for hydroxylation is 2. The first kappa shape index (κ1) is 21.5. The zero-order valence-corrected chi connectivity index (χ0v) is 17.5. The molecule has 1 aromatic carbocycles. The van der Waals surface area contributed by atoms with Gasteiger partial charge in [0.2, 0.25) is 5.91 Å². The standard InChI is InChI=1S/C21H27N5O4/c1-15-6-4-5-7-18(15)30-13-10-22-20(28)17-14-26(12-11-24(17)2)21(29)16-8-9-19(27)25(3)23-16/h4-9,17H,10-14H2,1-3H3,(H,22,28)/t17-/m0/s1. The normalized spacial score (nSPS) is 16.9. The second-order valence-electron chi connectivity index (χ2n) is 7.33. The van der Waals surface area contributed by atoms with E-state index < -0.39 is 6.04 Å². The third kappa shape index (κ3) is 5.04. The molecule has 160 valence electrons. The first-order valence-electron chi connectivity index (χ1n) is 9.87. The van der Waals surface area contributed by atoms with Gasteiger partial charge in [0.25, 0.3) is 11.5 Å². The minimum atomic E-state index is -0.464. The smallest absolute Gasteiger partial charge is 0.274 e. The van der Waals surface area contributed by atoms with Crippen LogP contribution in [0.4, 0.5) is 0 Å². The van der Waals surface area contributed by atoms with Gasteiger partial charge in [-0.3, -0.25) is 19.3 Å². The van der Waals surface area contributed by atoms with Crippen LogP contribution in [0.25, 0.3) is 0 Å². The van der Waals surface area contributed by atoms with Crippen molar-refractivity contribution in [3.05, 3.63) is 58.0 Å². The van der Waals surface area contributed by atoms with Crippen LogP contribution >= 0.6 is 0 Å². The molecule has 2 heterocycles. The molecule has 3 rings (SSSR count). The minimum absolute atomic E-state index is 0.156. The number of nitrogens with zero attached hydrogens (tertiary/aromatic N) is 4. The van der Waals surface area contributed by atoms with Gasteiger partial charge in [0.05, 0.1) is 6.54 Å². The highest BCUT2D eigenvalue weighted by atomic mass is 16.5. The number of para-hydroxylation sites is 1. The van der Waals surface area contributed by atoms with Gasteiger partial charge >= 0.3 is 0 Å². The van der Waals surface area contributed by atoms with E-state index in [1.54, 1.807) is 4.90 Å². The van der Waals surface area contributed by atoms with E-state index in [4.69, 9.17) is 4.74 Å². The molecule has 2 amide bonds. The molecule has 1 saturated heterocycles. The van der Waals surface area contributed by atoms with Crippen molar-refractivity contribution in [2.24, 2.45) is 7.05 Å². The van der Waals surface area contributed by atoms with Gasteiger partial charge in [0, 0.05) is 32.7 Å².